The van der Waals surface area contributed by atoms with Gasteiger partial charge in [-0.15, -0.1) is 0 Å². The second-order valence-electron chi connectivity index (χ2n) is 5.04. The highest BCUT2D eigenvalue weighted by Gasteiger charge is 2.19. The van der Waals surface area contributed by atoms with E-state index in [1.165, 1.54) is 31.2 Å². The summed E-state index contributed by atoms with van der Waals surface area (Å²) in [6.45, 7) is 1.95. The molecular weight excluding hydrogens is 306 g/mol. The van der Waals surface area contributed by atoms with Crippen LogP contribution in [0.5, 0.6) is 5.75 Å². The molecule has 1 aromatic heterocycles. The Bertz CT molecular complexity index is 737. The smallest absolute Gasteiger partial charge is 0.387 e. The van der Waals surface area contributed by atoms with E-state index in [-0.39, 0.29) is 11.5 Å². The highest BCUT2D eigenvalue weighted by Crippen LogP contribution is 2.21. The van der Waals surface area contributed by atoms with Gasteiger partial charge in [0.15, 0.2) is 5.78 Å². The predicted molar refractivity (Wildman–Crippen MR) is 81.3 cm³/mol. The van der Waals surface area contributed by atoms with Gasteiger partial charge < -0.3 is 15.0 Å². The molecule has 2 aromatic rings. The lowest BCUT2D eigenvalue weighted by Gasteiger charge is -2.07. The molecule has 0 bridgehead atoms. The minimum absolute atomic E-state index is 0.00348. The third kappa shape index (κ3) is 3.74. The molecule has 7 heteroatoms. The van der Waals surface area contributed by atoms with Crippen LogP contribution in [0.3, 0.4) is 0 Å². The number of aromatic nitrogens is 1. The molecule has 1 amide bonds. The number of nitrogens with one attached hydrogen (secondary N) is 2. The monoisotopic (exact) mass is 322 g/mol. The van der Waals surface area contributed by atoms with Crippen molar-refractivity contribution in [2.45, 2.75) is 27.4 Å². The Kier molecular flexibility index (Phi) is 4.78. The van der Waals surface area contributed by atoms with Gasteiger partial charge in [0.2, 0.25) is 0 Å². The summed E-state index contributed by atoms with van der Waals surface area (Å²) in [5, 5.41) is 2.63. The fourth-order valence-corrected chi connectivity index (χ4v) is 2.42. The van der Waals surface area contributed by atoms with Crippen molar-refractivity contribution in [3.8, 4) is 5.75 Å². The Morgan fingerprint density at radius 1 is 1.17 bits per heavy atom. The van der Waals surface area contributed by atoms with E-state index in [1.54, 1.807) is 13.8 Å². The molecule has 0 aliphatic rings. The number of aromatic amines is 1. The number of ketones is 1. The fraction of sp³-hybridized carbons (Fsp3) is 0.250. The first-order valence-corrected chi connectivity index (χ1v) is 6.86. The average Bonchev–Trinajstić information content (AvgIpc) is 2.75. The van der Waals surface area contributed by atoms with Crippen LogP contribution in [0.15, 0.2) is 24.3 Å². The van der Waals surface area contributed by atoms with Crippen LogP contribution in [-0.2, 0) is 0 Å². The molecule has 0 saturated heterocycles. The summed E-state index contributed by atoms with van der Waals surface area (Å²) < 4.78 is 28.4. The lowest BCUT2D eigenvalue weighted by molar-refractivity contribution is -0.0498. The number of alkyl halides is 2. The lowest BCUT2D eigenvalue weighted by atomic mass is 10.1. The van der Waals surface area contributed by atoms with Crippen LogP contribution in [0.25, 0.3) is 0 Å². The van der Waals surface area contributed by atoms with Crippen LogP contribution in [0.4, 0.5) is 14.5 Å². The van der Waals surface area contributed by atoms with E-state index < -0.39 is 12.5 Å². The van der Waals surface area contributed by atoms with Gasteiger partial charge in [-0.25, -0.2) is 0 Å². The number of hydrogen-bond donors (Lipinski definition) is 2. The third-order valence-electron chi connectivity index (χ3n) is 3.35. The molecule has 0 fully saturated rings. The van der Waals surface area contributed by atoms with Gasteiger partial charge in [-0.2, -0.15) is 8.78 Å². The first-order valence-electron chi connectivity index (χ1n) is 6.86. The molecule has 1 heterocycles. The second kappa shape index (κ2) is 6.60. The molecule has 0 spiro atoms. The van der Waals surface area contributed by atoms with E-state index in [4.69, 9.17) is 0 Å². The molecule has 0 aliphatic carbocycles. The van der Waals surface area contributed by atoms with Crippen molar-refractivity contribution in [1.29, 1.82) is 0 Å². The lowest BCUT2D eigenvalue weighted by Crippen LogP contribution is -2.14. The molecular formula is C16H16F2N2O3. The number of Topliss-reactive ketones (excluding diaryl/α,β-unsaturated/α-hetero) is 1. The summed E-state index contributed by atoms with van der Waals surface area (Å²) in [7, 11) is 0. The van der Waals surface area contributed by atoms with Crippen molar-refractivity contribution >= 4 is 17.4 Å². The number of hydrogen-bond acceptors (Lipinski definition) is 3. The highest BCUT2D eigenvalue weighted by molar-refractivity contribution is 6.07. The van der Waals surface area contributed by atoms with E-state index in [9.17, 15) is 18.4 Å². The van der Waals surface area contributed by atoms with Gasteiger partial charge in [0.05, 0.1) is 0 Å². The number of anilines is 1. The van der Waals surface area contributed by atoms with Gasteiger partial charge in [-0.1, -0.05) is 0 Å². The van der Waals surface area contributed by atoms with E-state index in [2.05, 4.69) is 15.0 Å². The maximum absolute atomic E-state index is 12.3. The molecule has 2 N–H and O–H groups in total. The summed E-state index contributed by atoms with van der Waals surface area (Å²) in [4.78, 5) is 26.8. The van der Waals surface area contributed by atoms with Crippen LogP contribution in [0.2, 0.25) is 0 Å². The molecule has 5 nitrogen and oxygen atoms in total. The van der Waals surface area contributed by atoms with Crippen LogP contribution in [0.1, 0.15) is 39.0 Å². The number of carbonyl (C=O) groups is 2. The third-order valence-corrected chi connectivity index (χ3v) is 3.35. The standard InChI is InChI=1S/C16H16F2N2O3/c1-8-13(10(3)21)9(2)19-14(8)15(22)20-11-4-6-12(7-5-11)23-16(17)18/h4-7,16,19H,1-3H3,(H,20,22). The van der Waals surface area contributed by atoms with Crippen molar-refractivity contribution in [1.82, 2.24) is 4.98 Å². The van der Waals surface area contributed by atoms with Crippen molar-refractivity contribution in [3.05, 3.63) is 46.8 Å². The fourth-order valence-electron chi connectivity index (χ4n) is 2.42. The molecule has 1 aromatic carbocycles. The number of benzene rings is 1. The van der Waals surface area contributed by atoms with Gasteiger partial charge in [0.25, 0.3) is 5.91 Å². The number of H-pyrrole nitrogens is 1. The van der Waals surface area contributed by atoms with Crippen LogP contribution < -0.4 is 10.1 Å². The Labute approximate surface area is 131 Å². The summed E-state index contributed by atoms with van der Waals surface area (Å²) in [5.41, 5.74) is 2.41. The molecule has 2 rings (SSSR count). The van der Waals surface area contributed by atoms with Crippen LogP contribution >= 0.6 is 0 Å². The normalized spacial score (nSPS) is 10.7. The number of ether oxygens (including phenoxy) is 1. The van der Waals surface area contributed by atoms with Gasteiger partial charge in [-0.05, 0) is 50.6 Å². The van der Waals surface area contributed by atoms with Gasteiger partial charge >= 0.3 is 6.61 Å². The van der Waals surface area contributed by atoms with E-state index in [0.29, 0.717) is 28.2 Å². The first-order chi connectivity index (χ1) is 10.8. The molecule has 0 atom stereocenters. The molecule has 122 valence electrons. The summed E-state index contributed by atoms with van der Waals surface area (Å²) >= 11 is 0. The zero-order valence-electron chi connectivity index (χ0n) is 12.9. The second-order valence-corrected chi connectivity index (χ2v) is 5.04. The Balaban J connectivity index is 2.16. The number of carbonyl (C=O) groups excluding carboxylic acids is 2. The SMILES string of the molecule is CC(=O)c1c(C)[nH]c(C(=O)Nc2ccc(OC(F)F)cc2)c1C. The van der Waals surface area contributed by atoms with Crippen molar-refractivity contribution in [2.75, 3.05) is 5.32 Å². The minimum Gasteiger partial charge on any atom is -0.435 e. The van der Waals surface area contributed by atoms with E-state index in [0.717, 1.165) is 0 Å². The van der Waals surface area contributed by atoms with E-state index in [1.807, 2.05) is 0 Å². The molecule has 0 saturated carbocycles. The van der Waals surface area contributed by atoms with Crippen molar-refractivity contribution < 1.29 is 23.1 Å². The Morgan fingerprint density at radius 3 is 2.26 bits per heavy atom. The molecule has 0 radical (unpaired) electrons. The quantitative estimate of drug-likeness (QED) is 0.825. The molecule has 0 aliphatic heterocycles. The Hall–Kier alpha value is -2.70. The Morgan fingerprint density at radius 2 is 1.78 bits per heavy atom. The maximum atomic E-state index is 12.3. The number of aryl methyl sites for hydroxylation is 1. The summed E-state index contributed by atoms with van der Waals surface area (Å²) in [6.07, 6.45) is 0. The average molecular weight is 322 g/mol. The van der Waals surface area contributed by atoms with Crippen LogP contribution in [0, 0.1) is 13.8 Å². The highest BCUT2D eigenvalue weighted by atomic mass is 19.3. The maximum Gasteiger partial charge on any atom is 0.387 e. The molecule has 0 unspecified atom stereocenters. The summed E-state index contributed by atoms with van der Waals surface area (Å²) in [5.74, 6) is -0.534. The first kappa shape index (κ1) is 16.7. The zero-order chi connectivity index (χ0) is 17.1. The predicted octanol–water partition coefficient (Wildman–Crippen LogP) is 3.69. The number of rotatable bonds is 5. The topological polar surface area (TPSA) is 71.2 Å². The number of amides is 1. The van der Waals surface area contributed by atoms with E-state index >= 15 is 0 Å². The van der Waals surface area contributed by atoms with Gasteiger partial charge in [-0.3, -0.25) is 9.59 Å². The largest absolute Gasteiger partial charge is 0.435 e. The van der Waals surface area contributed by atoms with Gasteiger partial charge in [0.1, 0.15) is 11.4 Å². The van der Waals surface area contributed by atoms with Gasteiger partial charge in [0, 0.05) is 16.9 Å². The number of halogens is 2. The van der Waals surface area contributed by atoms with Crippen molar-refractivity contribution in [2.24, 2.45) is 0 Å². The van der Waals surface area contributed by atoms with Crippen LogP contribution in [-0.4, -0.2) is 23.3 Å². The zero-order valence-corrected chi connectivity index (χ0v) is 12.9. The minimum atomic E-state index is -2.90. The van der Waals surface area contributed by atoms with Crippen molar-refractivity contribution in [3.63, 3.8) is 0 Å². The molecule has 23 heavy (non-hydrogen) atoms. The summed E-state index contributed by atoms with van der Waals surface area (Å²) in [6, 6.07) is 5.56.